The van der Waals surface area contributed by atoms with E-state index in [2.05, 4.69) is 10.3 Å². The monoisotopic (exact) mass is 639 g/mol. The number of hydrogen-bond donors (Lipinski definition) is 3. The summed E-state index contributed by atoms with van der Waals surface area (Å²) in [6.07, 6.45) is 1.61. The lowest BCUT2D eigenvalue weighted by Gasteiger charge is -2.31. The third-order valence-corrected chi connectivity index (χ3v) is 9.38. The Hall–Kier alpha value is -3.89. The van der Waals surface area contributed by atoms with Crippen molar-refractivity contribution in [1.82, 2.24) is 15.2 Å². The van der Waals surface area contributed by atoms with Gasteiger partial charge in [-0.2, -0.15) is 0 Å². The molecule has 12 heteroatoms. The largest absolute Gasteiger partial charge is 0.480 e. The Morgan fingerprint density at radius 2 is 1.74 bits per heavy atom. The van der Waals surface area contributed by atoms with E-state index in [-0.39, 0.29) is 28.0 Å². The van der Waals surface area contributed by atoms with Crippen LogP contribution in [-0.4, -0.2) is 51.4 Å². The van der Waals surface area contributed by atoms with Gasteiger partial charge in [0.1, 0.15) is 5.54 Å². The van der Waals surface area contributed by atoms with Gasteiger partial charge in [-0.05, 0) is 47.0 Å². The van der Waals surface area contributed by atoms with Crippen LogP contribution in [0.1, 0.15) is 33.1 Å². The van der Waals surface area contributed by atoms with Crippen molar-refractivity contribution in [2.24, 2.45) is 11.8 Å². The van der Waals surface area contributed by atoms with E-state index in [0.29, 0.717) is 22.3 Å². The summed E-state index contributed by atoms with van der Waals surface area (Å²) < 4.78 is 4.74. The summed E-state index contributed by atoms with van der Waals surface area (Å²) in [7, 11) is 1.27. The van der Waals surface area contributed by atoms with Gasteiger partial charge in [-0.1, -0.05) is 65.1 Å². The number of fused-ring (bicyclic) bond motifs is 2. The normalized spacial score (nSPS) is 23.2. The molecule has 0 bridgehead atoms. The summed E-state index contributed by atoms with van der Waals surface area (Å²) >= 11 is 19.3. The van der Waals surface area contributed by atoms with Gasteiger partial charge in [-0.25, -0.2) is 4.79 Å². The summed E-state index contributed by atoms with van der Waals surface area (Å²) in [6, 6.07) is 15.7. The minimum Gasteiger partial charge on any atom is -0.480 e. The standard InChI is InChI=1S/C31H24Cl3N3O6/c1-43-29(40)16-8-6-15(7-9-16)14-37-27(38)23-24(28(37)39)31(30(41)42,12-17-13-35-22-5-3-2-4-19(17)22)36-26(23)20-10-18(32)11-21(33)25(20)34/h2-11,13,23-24,26,35-36H,12,14H2,1H3,(H,41,42). The number of esters is 1. The number of nitrogens with zero attached hydrogens (tertiary/aromatic N) is 1. The summed E-state index contributed by atoms with van der Waals surface area (Å²) in [6.45, 7) is -0.119. The van der Waals surface area contributed by atoms with E-state index in [0.717, 1.165) is 15.8 Å². The second-order valence-corrected chi connectivity index (χ2v) is 11.9. The first-order valence-corrected chi connectivity index (χ1v) is 14.4. The van der Waals surface area contributed by atoms with Gasteiger partial charge < -0.3 is 14.8 Å². The van der Waals surface area contributed by atoms with Crippen molar-refractivity contribution in [2.75, 3.05) is 7.11 Å². The molecule has 1 aromatic heterocycles. The Balaban J connectivity index is 1.45. The van der Waals surface area contributed by atoms with E-state index in [1.54, 1.807) is 18.3 Å². The number of aromatic nitrogens is 1. The molecule has 3 heterocycles. The fraction of sp³-hybridized carbons (Fsp3) is 0.226. The highest BCUT2D eigenvalue weighted by Gasteiger charge is 2.68. The number of para-hydroxylation sites is 1. The first kappa shape index (κ1) is 29.2. The van der Waals surface area contributed by atoms with E-state index in [1.807, 2.05) is 24.3 Å². The number of benzene rings is 3. The predicted octanol–water partition coefficient (Wildman–Crippen LogP) is 5.43. The van der Waals surface area contributed by atoms with Crippen LogP contribution in [0.15, 0.2) is 66.9 Å². The lowest BCUT2D eigenvalue weighted by molar-refractivity contribution is -0.151. The number of carbonyl (C=O) groups excluding carboxylic acids is 3. The van der Waals surface area contributed by atoms with Crippen molar-refractivity contribution in [3.05, 3.63) is 104 Å². The van der Waals surface area contributed by atoms with Crippen molar-refractivity contribution in [2.45, 2.75) is 24.5 Å². The molecule has 9 nitrogen and oxygen atoms in total. The molecule has 4 unspecified atom stereocenters. The van der Waals surface area contributed by atoms with Gasteiger partial charge in [0.25, 0.3) is 0 Å². The van der Waals surface area contributed by atoms with Gasteiger partial charge >= 0.3 is 11.9 Å². The topological polar surface area (TPSA) is 129 Å². The Bertz CT molecular complexity index is 1810. The summed E-state index contributed by atoms with van der Waals surface area (Å²) in [5.41, 5.74) is 0.788. The number of ether oxygens (including phenoxy) is 1. The molecule has 2 amide bonds. The maximum atomic E-state index is 14.2. The van der Waals surface area contributed by atoms with Crippen molar-refractivity contribution < 1.29 is 29.0 Å². The molecular weight excluding hydrogens is 617 g/mol. The number of imide groups is 1. The zero-order valence-electron chi connectivity index (χ0n) is 22.6. The summed E-state index contributed by atoms with van der Waals surface area (Å²) in [5, 5.41) is 15.3. The number of H-pyrrole nitrogens is 1. The van der Waals surface area contributed by atoms with Crippen molar-refractivity contribution in [1.29, 1.82) is 0 Å². The van der Waals surface area contributed by atoms with Crippen molar-refractivity contribution in [3.8, 4) is 0 Å². The molecule has 2 aliphatic rings. The highest BCUT2D eigenvalue weighted by atomic mass is 35.5. The van der Waals surface area contributed by atoms with E-state index in [1.165, 1.54) is 31.4 Å². The molecule has 3 aromatic carbocycles. The summed E-state index contributed by atoms with van der Waals surface area (Å²) in [4.78, 5) is 57.6. The molecule has 2 fully saturated rings. The minimum atomic E-state index is -1.88. The number of aromatic amines is 1. The van der Waals surface area contributed by atoms with Gasteiger partial charge in [0.05, 0.1) is 41.1 Å². The van der Waals surface area contributed by atoms with Crippen LogP contribution in [0.5, 0.6) is 0 Å². The first-order chi connectivity index (χ1) is 20.6. The zero-order valence-corrected chi connectivity index (χ0v) is 24.8. The van der Waals surface area contributed by atoms with E-state index >= 15 is 0 Å². The number of carbonyl (C=O) groups is 4. The van der Waals surface area contributed by atoms with Gasteiger partial charge in [0, 0.05) is 34.6 Å². The Morgan fingerprint density at radius 1 is 1.02 bits per heavy atom. The van der Waals surface area contributed by atoms with Gasteiger partial charge in [0.2, 0.25) is 11.8 Å². The Kier molecular flexibility index (Phi) is 7.46. The van der Waals surface area contributed by atoms with Crippen LogP contribution in [0.2, 0.25) is 15.1 Å². The van der Waals surface area contributed by atoms with Crippen LogP contribution in [0.25, 0.3) is 10.9 Å². The molecule has 0 saturated carbocycles. The van der Waals surface area contributed by atoms with Crippen LogP contribution in [0.4, 0.5) is 0 Å². The molecule has 43 heavy (non-hydrogen) atoms. The number of methoxy groups -OCH3 is 1. The molecule has 3 N–H and O–H groups in total. The zero-order chi connectivity index (χ0) is 30.6. The number of hydrogen-bond acceptors (Lipinski definition) is 6. The van der Waals surface area contributed by atoms with Gasteiger partial charge in [0.15, 0.2) is 0 Å². The highest BCUT2D eigenvalue weighted by Crippen LogP contribution is 2.52. The number of rotatable bonds is 7. The molecule has 0 radical (unpaired) electrons. The minimum absolute atomic E-state index is 0.101. The van der Waals surface area contributed by atoms with E-state index < -0.39 is 47.2 Å². The van der Waals surface area contributed by atoms with Crippen LogP contribution < -0.4 is 5.32 Å². The molecule has 4 atom stereocenters. The maximum absolute atomic E-state index is 14.2. The Labute approximate surface area is 260 Å². The Morgan fingerprint density at radius 3 is 2.44 bits per heavy atom. The van der Waals surface area contributed by atoms with E-state index in [9.17, 15) is 24.3 Å². The fourth-order valence-electron chi connectivity index (χ4n) is 6.35. The molecule has 2 aliphatic heterocycles. The number of halogens is 3. The third kappa shape index (κ3) is 4.77. The quantitative estimate of drug-likeness (QED) is 0.140. The van der Waals surface area contributed by atoms with Crippen LogP contribution in [0.3, 0.4) is 0 Å². The molecule has 2 saturated heterocycles. The number of carboxylic acids is 1. The molecular formula is C31H24Cl3N3O6. The third-order valence-electron chi connectivity index (χ3n) is 8.34. The smallest absolute Gasteiger partial charge is 0.337 e. The summed E-state index contributed by atoms with van der Waals surface area (Å²) in [5.74, 6) is -5.39. The number of amides is 2. The first-order valence-electron chi connectivity index (χ1n) is 13.3. The second-order valence-electron chi connectivity index (χ2n) is 10.7. The molecule has 0 spiro atoms. The average molecular weight is 641 g/mol. The van der Waals surface area contributed by atoms with E-state index in [4.69, 9.17) is 39.5 Å². The predicted molar refractivity (Wildman–Crippen MR) is 160 cm³/mol. The van der Waals surface area contributed by atoms with Crippen molar-refractivity contribution in [3.63, 3.8) is 0 Å². The van der Waals surface area contributed by atoms with Crippen molar-refractivity contribution >= 4 is 69.5 Å². The number of nitrogens with one attached hydrogen (secondary N) is 2. The molecule has 6 rings (SSSR count). The van der Waals surface area contributed by atoms with Crippen LogP contribution in [0, 0.1) is 11.8 Å². The maximum Gasteiger partial charge on any atom is 0.337 e. The molecule has 220 valence electrons. The lowest BCUT2D eigenvalue weighted by Crippen LogP contribution is -2.57. The van der Waals surface area contributed by atoms with Crippen LogP contribution >= 0.6 is 34.8 Å². The number of carboxylic acid groups (broad SMARTS) is 1. The number of aliphatic carboxylic acids is 1. The SMILES string of the molecule is COC(=O)c1ccc(CN2C(=O)C3C(c4cc(Cl)cc(Cl)c4Cl)NC(Cc4c[nH]c5ccccc45)(C(=O)O)C3C2=O)cc1. The van der Waals surface area contributed by atoms with Gasteiger partial charge in [-0.3, -0.25) is 24.6 Å². The van der Waals surface area contributed by atoms with Crippen LogP contribution in [-0.2, 0) is 32.1 Å². The highest BCUT2D eigenvalue weighted by molar-refractivity contribution is 6.43. The molecule has 4 aromatic rings. The van der Waals surface area contributed by atoms with Gasteiger partial charge in [-0.15, -0.1) is 0 Å². The lowest BCUT2D eigenvalue weighted by atomic mass is 9.76. The molecule has 0 aliphatic carbocycles. The average Bonchev–Trinajstić information content (AvgIpc) is 3.63. The second kappa shape index (κ2) is 11.0. The number of likely N-dealkylation sites (tertiary alicyclic amines) is 1. The fourth-order valence-corrected chi connectivity index (χ4v) is 7.08.